The summed E-state index contributed by atoms with van der Waals surface area (Å²) in [5.41, 5.74) is -2.99. The van der Waals surface area contributed by atoms with Crippen LogP contribution in [0.1, 0.15) is 85.5 Å². The van der Waals surface area contributed by atoms with Gasteiger partial charge < -0.3 is 19.7 Å². The monoisotopic (exact) mass is 400 g/mol. The highest BCUT2D eigenvalue weighted by Gasteiger charge is 2.44. The number of unbranched alkanes of at least 4 members (excludes halogenated alkanes) is 2. The summed E-state index contributed by atoms with van der Waals surface area (Å²) in [6, 6.07) is 0. The lowest BCUT2D eigenvalue weighted by molar-refractivity contribution is -0.168. The van der Waals surface area contributed by atoms with Crippen molar-refractivity contribution in [3.8, 4) is 0 Å². The highest BCUT2D eigenvalue weighted by molar-refractivity contribution is 5.85. The van der Waals surface area contributed by atoms with Gasteiger partial charge in [-0.2, -0.15) is 0 Å². The smallest absolute Gasteiger partial charge is 0.341 e. The molecule has 0 fully saturated rings. The third-order valence-corrected chi connectivity index (χ3v) is 4.98. The number of rotatable bonds is 17. The molecule has 0 bridgehead atoms. The number of carboxylic acid groups (broad SMARTS) is 2. The van der Waals surface area contributed by atoms with Crippen LogP contribution in [0, 0.1) is 0 Å². The van der Waals surface area contributed by atoms with Gasteiger partial charge in [0.2, 0.25) is 0 Å². The summed E-state index contributed by atoms with van der Waals surface area (Å²) < 4.78 is 11.1. The van der Waals surface area contributed by atoms with Crippen molar-refractivity contribution in [2.45, 2.75) is 96.7 Å². The topological polar surface area (TPSA) is 110 Å². The van der Waals surface area contributed by atoms with Crippen LogP contribution in [0.25, 0.3) is 0 Å². The van der Waals surface area contributed by atoms with E-state index in [4.69, 9.17) is 9.47 Å². The van der Waals surface area contributed by atoms with Crippen LogP contribution >= 0.6 is 0 Å². The summed E-state index contributed by atoms with van der Waals surface area (Å²) in [5.74, 6) is -0.454. The Morgan fingerprint density at radius 3 is 1.79 bits per heavy atom. The van der Waals surface area contributed by atoms with Gasteiger partial charge in [0.1, 0.15) is 5.94 Å². The lowest BCUT2D eigenvalue weighted by Gasteiger charge is -2.32. The number of carbonyl (C=O) groups is 2. The molecule has 0 aromatic carbocycles. The lowest BCUT2D eigenvalue weighted by Crippen LogP contribution is -2.45. The Balaban J connectivity index is 5.48. The molecule has 0 amide bonds. The molecule has 7 nitrogen and oxygen atoms in total. The highest BCUT2D eigenvalue weighted by Crippen LogP contribution is 2.33. The van der Waals surface area contributed by atoms with Crippen LogP contribution < -0.4 is 0 Å². The SMILES string of the molecule is CCCCC(CCCC(=C=O)C(CCCC)(OCC)C(=O)O)(OCC)C(=O)O. The van der Waals surface area contributed by atoms with Crippen LogP contribution in [0.15, 0.2) is 5.57 Å². The van der Waals surface area contributed by atoms with Gasteiger partial charge in [-0.3, -0.25) is 0 Å². The largest absolute Gasteiger partial charge is 0.479 e. The Morgan fingerprint density at radius 2 is 1.36 bits per heavy atom. The summed E-state index contributed by atoms with van der Waals surface area (Å²) in [5, 5.41) is 19.5. The van der Waals surface area contributed by atoms with Crippen molar-refractivity contribution in [3.63, 3.8) is 0 Å². The number of aliphatic carboxylic acids is 2. The minimum absolute atomic E-state index is 0.0292. The average Bonchev–Trinajstić information content (AvgIpc) is 2.66. The molecule has 0 spiro atoms. The molecule has 0 aliphatic rings. The normalized spacial score (nSPS) is 15.3. The van der Waals surface area contributed by atoms with Crippen molar-refractivity contribution in [1.29, 1.82) is 0 Å². The first kappa shape index (κ1) is 26.3. The maximum absolute atomic E-state index is 12.0. The predicted octanol–water partition coefficient (Wildman–Crippen LogP) is 4.01. The Kier molecular flexibility index (Phi) is 12.7. The molecule has 0 heterocycles. The Hall–Kier alpha value is -1.69. The van der Waals surface area contributed by atoms with Gasteiger partial charge in [0.25, 0.3) is 0 Å². The number of ether oxygens (including phenoxy) is 2. The van der Waals surface area contributed by atoms with Gasteiger partial charge in [0, 0.05) is 13.2 Å². The van der Waals surface area contributed by atoms with E-state index < -0.39 is 23.1 Å². The first-order valence-electron chi connectivity index (χ1n) is 10.3. The summed E-state index contributed by atoms with van der Waals surface area (Å²) in [7, 11) is 0. The molecule has 2 atom stereocenters. The fraction of sp³-hybridized carbons (Fsp3) is 0.810. The first-order chi connectivity index (χ1) is 13.3. The highest BCUT2D eigenvalue weighted by atomic mass is 16.5. The summed E-state index contributed by atoms with van der Waals surface area (Å²) in [6.45, 7) is 7.75. The maximum atomic E-state index is 12.0. The fourth-order valence-electron chi connectivity index (χ4n) is 3.45. The third kappa shape index (κ3) is 7.04. The molecular formula is C21H36O7. The van der Waals surface area contributed by atoms with Gasteiger partial charge in [0.05, 0.1) is 5.57 Å². The van der Waals surface area contributed by atoms with Crippen molar-refractivity contribution < 1.29 is 34.1 Å². The van der Waals surface area contributed by atoms with Crippen molar-refractivity contribution in [2.24, 2.45) is 0 Å². The van der Waals surface area contributed by atoms with Crippen LogP contribution in [-0.2, 0) is 23.9 Å². The van der Waals surface area contributed by atoms with Crippen LogP contribution in [0.3, 0.4) is 0 Å². The Labute approximate surface area is 168 Å². The summed E-state index contributed by atoms with van der Waals surface area (Å²) in [4.78, 5) is 35.5. The zero-order valence-electron chi connectivity index (χ0n) is 17.7. The standard InChI is InChI=1S/C21H36O7/c1-5-9-13-20(18(23)24,27-7-3)14-11-12-17(16-22)21(19(25)26,28-8-4)15-10-6-2/h5-15H2,1-4H3,(H,23,24)(H,25,26). The second-order valence-corrected chi connectivity index (χ2v) is 6.94. The molecule has 2 unspecified atom stereocenters. The van der Waals surface area contributed by atoms with Gasteiger partial charge in [-0.05, 0) is 52.4 Å². The lowest BCUT2D eigenvalue weighted by atomic mass is 9.83. The van der Waals surface area contributed by atoms with Gasteiger partial charge in [-0.1, -0.05) is 33.1 Å². The zero-order chi connectivity index (χ0) is 21.6. The molecule has 0 saturated carbocycles. The molecule has 2 N–H and O–H groups in total. The van der Waals surface area contributed by atoms with Crippen molar-refractivity contribution in [3.05, 3.63) is 5.57 Å². The van der Waals surface area contributed by atoms with E-state index in [-0.39, 0.29) is 38.0 Å². The number of hydrogen-bond acceptors (Lipinski definition) is 5. The van der Waals surface area contributed by atoms with Crippen molar-refractivity contribution >= 4 is 17.9 Å². The van der Waals surface area contributed by atoms with Gasteiger partial charge in [-0.15, -0.1) is 0 Å². The van der Waals surface area contributed by atoms with E-state index in [2.05, 4.69) is 0 Å². The number of hydrogen-bond donors (Lipinski definition) is 2. The van der Waals surface area contributed by atoms with Crippen LogP contribution in [0.2, 0.25) is 0 Å². The quantitative estimate of drug-likeness (QED) is 0.355. The minimum atomic E-state index is -1.70. The molecule has 7 heteroatoms. The van der Waals surface area contributed by atoms with E-state index >= 15 is 0 Å². The molecule has 0 saturated heterocycles. The summed E-state index contributed by atoms with van der Waals surface area (Å²) >= 11 is 0. The van der Waals surface area contributed by atoms with Crippen LogP contribution in [-0.4, -0.2) is 52.5 Å². The Bertz CT molecular complexity index is 539. The molecular weight excluding hydrogens is 364 g/mol. The van der Waals surface area contributed by atoms with E-state index in [0.717, 1.165) is 12.8 Å². The molecule has 0 radical (unpaired) electrons. The maximum Gasteiger partial charge on any atom is 0.341 e. The Morgan fingerprint density at radius 1 is 0.821 bits per heavy atom. The predicted molar refractivity (Wildman–Crippen MR) is 106 cm³/mol. The average molecular weight is 401 g/mol. The third-order valence-electron chi connectivity index (χ3n) is 4.98. The van der Waals surface area contributed by atoms with Crippen LogP contribution in [0.4, 0.5) is 0 Å². The molecule has 0 aromatic rings. The second-order valence-electron chi connectivity index (χ2n) is 6.94. The first-order valence-corrected chi connectivity index (χ1v) is 10.3. The molecule has 28 heavy (non-hydrogen) atoms. The van der Waals surface area contributed by atoms with Gasteiger partial charge >= 0.3 is 11.9 Å². The fourth-order valence-corrected chi connectivity index (χ4v) is 3.45. The van der Waals surface area contributed by atoms with Gasteiger partial charge in [0.15, 0.2) is 11.2 Å². The molecule has 0 aromatic heterocycles. The zero-order valence-corrected chi connectivity index (χ0v) is 17.7. The summed E-state index contributed by atoms with van der Waals surface area (Å²) in [6.07, 6.45) is 4.05. The van der Waals surface area contributed by atoms with Gasteiger partial charge in [-0.25, -0.2) is 14.4 Å². The molecule has 0 aliphatic heterocycles. The second kappa shape index (κ2) is 13.5. The van der Waals surface area contributed by atoms with E-state index in [9.17, 15) is 24.6 Å². The van der Waals surface area contributed by atoms with E-state index in [1.807, 2.05) is 13.8 Å². The van der Waals surface area contributed by atoms with Crippen LogP contribution in [0.5, 0.6) is 0 Å². The van der Waals surface area contributed by atoms with Crippen molar-refractivity contribution in [1.82, 2.24) is 0 Å². The minimum Gasteiger partial charge on any atom is -0.479 e. The van der Waals surface area contributed by atoms with E-state index in [1.165, 1.54) is 0 Å². The number of carbonyl (C=O) groups excluding carboxylic acids is 1. The van der Waals surface area contributed by atoms with Crippen molar-refractivity contribution in [2.75, 3.05) is 13.2 Å². The van der Waals surface area contributed by atoms with E-state index in [0.29, 0.717) is 25.7 Å². The van der Waals surface area contributed by atoms with E-state index in [1.54, 1.807) is 19.8 Å². The number of carboxylic acids is 2. The molecule has 0 aliphatic carbocycles. The molecule has 162 valence electrons. The molecule has 0 rings (SSSR count).